The summed E-state index contributed by atoms with van der Waals surface area (Å²) in [6.45, 7) is 0.519. The minimum atomic E-state index is -0.0131. The molecule has 1 amide bonds. The van der Waals surface area contributed by atoms with E-state index in [1.54, 1.807) is 0 Å². The van der Waals surface area contributed by atoms with Gasteiger partial charge in [0.05, 0.1) is 17.1 Å². The lowest BCUT2D eigenvalue weighted by molar-refractivity contribution is -0.122. The van der Waals surface area contributed by atoms with Crippen molar-refractivity contribution in [2.24, 2.45) is 0 Å². The number of carbonyl (C=O) groups excluding carboxylic acids is 1. The van der Waals surface area contributed by atoms with E-state index in [9.17, 15) is 4.79 Å². The van der Waals surface area contributed by atoms with Crippen LogP contribution in [-0.4, -0.2) is 15.5 Å². The summed E-state index contributed by atoms with van der Waals surface area (Å²) in [6, 6.07) is 25.9. The van der Waals surface area contributed by atoms with Gasteiger partial charge in [-0.25, -0.2) is 4.98 Å². The molecule has 150 valence electrons. The summed E-state index contributed by atoms with van der Waals surface area (Å²) < 4.78 is 7.86. The van der Waals surface area contributed by atoms with Gasteiger partial charge in [0, 0.05) is 0 Å². The Morgan fingerprint density at radius 2 is 1.77 bits per heavy atom. The highest BCUT2D eigenvalue weighted by Crippen LogP contribution is 2.30. The summed E-state index contributed by atoms with van der Waals surface area (Å²) in [5, 5.41) is 3.21. The van der Waals surface area contributed by atoms with Gasteiger partial charge in [0.25, 0.3) is 0 Å². The van der Waals surface area contributed by atoms with Crippen LogP contribution in [0.5, 0.6) is 5.75 Å². The molecule has 4 aromatic rings. The molecule has 0 saturated carbocycles. The highest BCUT2D eigenvalue weighted by molar-refractivity contribution is 5.81. The average Bonchev–Trinajstić information content (AvgIpc) is 3.35. The maximum absolute atomic E-state index is 12.9. The molecule has 1 aromatic heterocycles. The van der Waals surface area contributed by atoms with Gasteiger partial charge in [-0.2, -0.15) is 0 Å². The van der Waals surface area contributed by atoms with E-state index in [0.717, 1.165) is 35.4 Å². The molecule has 5 rings (SSSR count). The molecule has 3 aromatic carbocycles. The molecule has 1 aliphatic rings. The fourth-order valence-electron chi connectivity index (χ4n) is 4.17. The lowest BCUT2D eigenvalue weighted by Crippen LogP contribution is -2.31. The van der Waals surface area contributed by atoms with Gasteiger partial charge in [-0.1, -0.05) is 54.6 Å². The molecule has 5 nitrogen and oxygen atoms in total. The van der Waals surface area contributed by atoms with E-state index in [-0.39, 0.29) is 18.5 Å². The van der Waals surface area contributed by atoms with Gasteiger partial charge in [-0.05, 0) is 48.2 Å². The molecule has 0 aliphatic heterocycles. The number of ether oxygens (including phenoxy) is 1. The van der Waals surface area contributed by atoms with Gasteiger partial charge in [-0.15, -0.1) is 0 Å². The van der Waals surface area contributed by atoms with E-state index < -0.39 is 0 Å². The van der Waals surface area contributed by atoms with Crippen molar-refractivity contribution in [3.8, 4) is 5.75 Å². The number of nitrogens with zero attached hydrogens (tertiary/aromatic N) is 2. The predicted molar refractivity (Wildman–Crippen MR) is 116 cm³/mol. The minimum absolute atomic E-state index is 0.0131. The highest BCUT2D eigenvalue weighted by Gasteiger charge is 2.24. The second-order valence-corrected chi connectivity index (χ2v) is 7.56. The predicted octanol–water partition coefficient (Wildman–Crippen LogP) is 4.42. The first-order valence-electron chi connectivity index (χ1n) is 10.3. The van der Waals surface area contributed by atoms with E-state index in [2.05, 4.69) is 23.5 Å². The lowest BCUT2D eigenvalue weighted by Gasteiger charge is -2.16. The van der Waals surface area contributed by atoms with Crippen molar-refractivity contribution in [2.45, 2.75) is 32.0 Å². The van der Waals surface area contributed by atoms with Crippen molar-refractivity contribution in [3.63, 3.8) is 0 Å². The topological polar surface area (TPSA) is 56.2 Å². The molecule has 1 aliphatic carbocycles. The van der Waals surface area contributed by atoms with Crippen molar-refractivity contribution in [1.82, 2.24) is 14.9 Å². The molecule has 1 atom stereocenters. The summed E-state index contributed by atoms with van der Waals surface area (Å²) in [5.41, 5.74) is 4.36. The fourth-order valence-corrected chi connectivity index (χ4v) is 4.17. The first kappa shape index (κ1) is 18.4. The number of nitrogens with one attached hydrogen (secondary N) is 1. The summed E-state index contributed by atoms with van der Waals surface area (Å²) in [4.78, 5) is 17.7. The lowest BCUT2D eigenvalue weighted by atomic mass is 10.1. The number of fused-ring (bicyclic) bond motifs is 2. The van der Waals surface area contributed by atoms with E-state index in [0.29, 0.717) is 6.61 Å². The van der Waals surface area contributed by atoms with E-state index in [4.69, 9.17) is 9.72 Å². The van der Waals surface area contributed by atoms with Crippen LogP contribution in [0.4, 0.5) is 0 Å². The third-order valence-corrected chi connectivity index (χ3v) is 5.61. The van der Waals surface area contributed by atoms with Crippen LogP contribution >= 0.6 is 0 Å². The van der Waals surface area contributed by atoms with Crippen LogP contribution < -0.4 is 10.1 Å². The Morgan fingerprint density at radius 1 is 1.00 bits per heavy atom. The van der Waals surface area contributed by atoms with Crippen molar-refractivity contribution in [2.75, 3.05) is 0 Å². The SMILES string of the molecule is O=C(Cn1c(COc2ccccc2)nc2ccccc21)N[C@H]1CCc2ccccc21. The van der Waals surface area contributed by atoms with Gasteiger partial charge >= 0.3 is 0 Å². The quantitative estimate of drug-likeness (QED) is 0.524. The highest BCUT2D eigenvalue weighted by atomic mass is 16.5. The Bertz CT molecular complexity index is 1180. The zero-order chi connectivity index (χ0) is 20.3. The number of hydrogen-bond donors (Lipinski definition) is 1. The van der Waals surface area contributed by atoms with E-state index in [1.807, 2.05) is 65.2 Å². The number of para-hydroxylation sites is 3. The second kappa shape index (κ2) is 8.03. The summed E-state index contributed by atoms with van der Waals surface area (Å²) in [6.07, 6.45) is 1.95. The smallest absolute Gasteiger partial charge is 0.240 e. The van der Waals surface area contributed by atoms with Crippen LogP contribution in [0, 0.1) is 0 Å². The van der Waals surface area contributed by atoms with Crippen molar-refractivity contribution in [3.05, 3.63) is 95.8 Å². The molecule has 0 saturated heterocycles. The number of rotatable bonds is 6. The fraction of sp³-hybridized carbons (Fsp3) is 0.200. The first-order chi connectivity index (χ1) is 14.8. The molecule has 0 bridgehead atoms. The Balaban J connectivity index is 1.36. The standard InChI is InChI=1S/C25H23N3O2/c29-25(27-21-15-14-18-8-4-5-11-20(18)21)16-28-23-13-7-6-12-22(23)26-24(28)17-30-19-9-2-1-3-10-19/h1-13,21H,14-17H2,(H,27,29)/t21-/m0/s1. The van der Waals surface area contributed by atoms with E-state index >= 15 is 0 Å². The van der Waals surface area contributed by atoms with Crippen molar-refractivity contribution < 1.29 is 9.53 Å². The Morgan fingerprint density at radius 3 is 2.67 bits per heavy atom. The Labute approximate surface area is 175 Å². The molecule has 5 heteroatoms. The van der Waals surface area contributed by atoms with Gasteiger partial charge in [0.2, 0.25) is 5.91 Å². The third kappa shape index (κ3) is 3.66. The molecule has 30 heavy (non-hydrogen) atoms. The molecule has 0 radical (unpaired) electrons. The monoisotopic (exact) mass is 397 g/mol. The molecular weight excluding hydrogens is 374 g/mol. The number of aromatic nitrogens is 2. The number of amides is 1. The molecular formula is C25H23N3O2. The zero-order valence-corrected chi connectivity index (χ0v) is 16.6. The first-order valence-corrected chi connectivity index (χ1v) is 10.3. The van der Waals surface area contributed by atoms with Crippen LogP contribution in [0.25, 0.3) is 11.0 Å². The molecule has 0 unspecified atom stereocenters. The number of carbonyl (C=O) groups is 1. The number of aryl methyl sites for hydroxylation is 1. The van der Waals surface area contributed by atoms with Gasteiger partial charge < -0.3 is 14.6 Å². The second-order valence-electron chi connectivity index (χ2n) is 7.56. The van der Waals surface area contributed by atoms with E-state index in [1.165, 1.54) is 11.1 Å². The summed E-state index contributed by atoms with van der Waals surface area (Å²) >= 11 is 0. The van der Waals surface area contributed by atoms with Crippen LogP contribution in [0.3, 0.4) is 0 Å². The molecule has 1 N–H and O–H groups in total. The maximum Gasteiger partial charge on any atom is 0.240 e. The van der Waals surface area contributed by atoms with Crippen LogP contribution in [0.2, 0.25) is 0 Å². The minimum Gasteiger partial charge on any atom is -0.486 e. The normalized spacial score (nSPS) is 15.1. The van der Waals surface area contributed by atoms with Crippen LogP contribution in [0.15, 0.2) is 78.9 Å². The van der Waals surface area contributed by atoms with Crippen molar-refractivity contribution in [1.29, 1.82) is 0 Å². The molecule has 1 heterocycles. The van der Waals surface area contributed by atoms with Gasteiger partial charge in [-0.3, -0.25) is 4.79 Å². The molecule has 0 fully saturated rings. The van der Waals surface area contributed by atoms with Gasteiger partial charge in [0.15, 0.2) is 0 Å². The Kier molecular flexibility index (Phi) is 4.93. The summed E-state index contributed by atoms with van der Waals surface area (Å²) in [5.74, 6) is 1.51. The average molecular weight is 397 g/mol. The summed E-state index contributed by atoms with van der Waals surface area (Å²) in [7, 11) is 0. The number of benzene rings is 3. The van der Waals surface area contributed by atoms with Crippen LogP contribution in [-0.2, 0) is 24.4 Å². The Hall–Kier alpha value is -3.60. The number of imidazole rings is 1. The largest absolute Gasteiger partial charge is 0.486 e. The number of hydrogen-bond acceptors (Lipinski definition) is 3. The molecule has 0 spiro atoms. The zero-order valence-electron chi connectivity index (χ0n) is 16.6. The third-order valence-electron chi connectivity index (χ3n) is 5.61. The van der Waals surface area contributed by atoms with Crippen molar-refractivity contribution >= 4 is 16.9 Å². The maximum atomic E-state index is 12.9. The van der Waals surface area contributed by atoms with Gasteiger partial charge in [0.1, 0.15) is 24.7 Å². The van der Waals surface area contributed by atoms with Crippen LogP contribution in [0.1, 0.15) is 29.4 Å².